The Hall–Kier alpha value is -2.20. The Morgan fingerprint density at radius 1 is 1.22 bits per heavy atom. The summed E-state index contributed by atoms with van der Waals surface area (Å²) >= 11 is 1.55. The average molecular weight is 381 g/mol. The van der Waals surface area contributed by atoms with E-state index in [0.29, 0.717) is 6.61 Å². The number of hydrogen-bond acceptors (Lipinski definition) is 3. The molecule has 1 aromatic heterocycles. The lowest BCUT2D eigenvalue weighted by atomic mass is 9.96. The zero-order valence-electron chi connectivity index (χ0n) is 15.5. The number of carbonyl (C=O) groups excluding carboxylic acids is 1. The molecule has 1 radical (unpaired) electrons. The zero-order valence-corrected chi connectivity index (χ0v) is 16.4. The fourth-order valence-corrected chi connectivity index (χ4v) is 4.30. The average Bonchev–Trinajstić information content (AvgIpc) is 3.27. The number of ketones is 1. The molecule has 2 nitrogen and oxygen atoms in total. The van der Waals surface area contributed by atoms with E-state index in [1.165, 1.54) is 12.1 Å². The van der Waals surface area contributed by atoms with Crippen LogP contribution in [0.2, 0.25) is 0 Å². The lowest BCUT2D eigenvalue weighted by Crippen LogP contribution is -2.09. The molecule has 0 aliphatic heterocycles. The van der Waals surface area contributed by atoms with Gasteiger partial charge in [-0.3, -0.25) is 4.79 Å². The SMILES string of the molecule is [CH2]C1(COc2ccc3c(C(=O)C(C)C)c(-c4ccc(F)cc4)sc3c2)CC1. The standard InChI is InChI=1S/C23H22FO2S/c1-14(2)21(25)20-18-9-8-17(26-13-23(3)10-11-23)12-19(18)27-22(20)15-4-6-16(24)7-5-15/h4-9,12,14H,3,10-11,13H2,1-2H3. The first kappa shape index (κ1) is 18.2. The first-order chi connectivity index (χ1) is 12.9. The maximum atomic E-state index is 13.3. The third-order valence-corrected chi connectivity index (χ3v) is 6.24. The first-order valence-corrected chi connectivity index (χ1v) is 10.0. The van der Waals surface area contributed by atoms with E-state index in [-0.39, 0.29) is 22.9 Å². The number of thiophene rings is 1. The van der Waals surface area contributed by atoms with Gasteiger partial charge in [0.1, 0.15) is 11.6 Å². The van der Waals surface area contributed by atoms with Gasteiger partial charge in [0, 0.05) is 31.9 Å². The van der Waals surface area contributed by atoms with Crippen molar-refractivity contribution < 1.29 is 13.9 Å². The summed E-state index contributed by atoms with van der Waals surface area (Å²) in [6, 6.07) is 12.2. The van der Waals surface area contributed by atoms with E-state index in [4.69, 9.17) is 4.74 Å². The normalized spacial score (nSPS) is 15.3. The molecular formula is C23H22FO2S. The highest BCUT2D eigenvalue weighted by atomic mass is 32.1. The van der Waals surface area contributed by atoms with E-state index in [0.717, 1.165) is 44.7 Å². The van der Waals surface area contributed by atoms with E-state index in [9.17, 15) is 9.18 Å². The van der Waals surface area contributed by atoms with Crippen molar-refractivity contribution in [2.75, 3.05) is 6.61 Å². The van der Waals surface area contributed by atoms with Gasteiger partial charge < -0.3 is 4.74 Å². The lowest BCUT2D eigenvalue weighted by Gasteiger charge is -2.11. The monoisotopic (exact) mass is 381 g/mol. The Bertz CT molecular complexity index is 997. The fourth-order valence-electron chi connectivity index (χ4n) is 3.06. The van der Waals surface area contributed by atoms with Crippen molar-refractivity contribution in [2.45, 2.75) is 26.7 Å². The Kier molecular flexibility index (Phi) is 4.55. The van der Waals surface area contributed by atoms with Crippen LogP contribution in [-0.4, -0.2) is 12.4 Å². The predicted octanol–water partition coefficient (Wildman–Crippen LogP) is 6.54. The fraction of sp³-hybridized carbons (Fsp3) is 0.304. The van der Waals surface area contributed by atoms with Crippen LogP contribution in [0.25, 0.3) is 20.5 Å². The predicted molar refractivity (Wildman–Crippen MR) is 109 cm³/mol. The molecule has 4 rings (SSSR count). The maximum Gasteiger partial charge on any atom is 0.167 e. The summed E-state index contributed by atoms with van der Waals surface area (Å²) in [6.07, 6.45) is 2.21. The molecule has 1 saturated carbocycles. The molecule has 0 N–H and O–H groups in total. The largest absolute Gasteiger partial charge is 0.493 e. The second kappa shape index (κ2) is 6.75. The molecule has 0 saturated heterocycles. The summed E-state index contributed by atoms with van der Waals surface area (Å²) in [6.45, 7) is 8.59. The van der Waals surface area contributed by atoms with Gasteiger partial charge in [-0.15, -0.1) is 11.3 Å². The highest BCUT2D eigenvalue weighted by molar-refractivity contribution is 7.22. The van der Waals surface area contributed by atoms with Crippen molar-refractivity contribution in [1.82, 2.24) is 0 Å². The molecule has 0 atom stereocenters. The summed E-state index contributed by atoms with van der Waals surface area (Å²) in [7, 11) is 0. The van der Waals surface area contributed by atoms with Gasteiger partial charge in [-0.2, -0.15) is 0 Å². The minimum atomic E-state index is -0.283. The van der Waals surface area contributed by atoms with Crippen LogP contribution in [0.3, 0.4) is 0 Å². The smallest absolute Gasteiger partial charge is 0.167 e. The molecule has 27 heavy (non-hydrogen) atoms. The molecule has 2 aromatic carbocycles. The number of halogens is 1. The minimum Gasteiger partial charge on any atom is -0.493 e. The summed E-state index contributed by atoms with van der Waals surface area (Å²) in [5.74, 6) is 0.505. The van der Waals surface area contributed by atoms with Crippen molar-refractivity contribution in [3.8, 4) is 16.2 Å². The van der Waals surface area contributed by atoms with Gasteiger partial charge in [0.2, 0.25) is 0 Å². The maximum absolute atomic E-state index is 13.3. The van der Waals surface area contributed by atoms with E-state index in [2.05, 4.69) is 6.92 Å². The van der Waals surface area contributed by atoms with Crippen LogP contribution in [-0.2, 0) is 0 Å². The summed E-state index contributed by atoms with van der Waals surface area (Å²) in [5.41, 5.74) is 1.65. The molecular weight excluding hydrogens is 359 g/mol. The molecule has 1 fully saturated rings. The molecule has 0 amide bonds. The molecule has 0 unspecified atom stereocenters. The van der Waals surface area contributed by atoms with E-state index >= 15 is 0 Å². The van der Waals surface area contributed by atoms with Crippen LogP contribution in [0.15, 0.2) is 42.5 Å². The van der Waals surface area contributed by atoms with Crippen molar-refractivity contribution >= 4 is 27.2 Å². The van der Waals surface area contributed by atoms with Gasteiger partial charge in [0.15, 0.2) is 5.78 Å². The van der Waals surface area contributed by atoms with Crippen LogP contribution in [0.5, 0.6) is 5.75 Å². The molecule has 4 heteroatoms. The van der Waals surface area contributed by atoms with Crippen molar-refractivity contribution in [3.63, 3.8) is 0 Å². The number of carbonyl (C=O) groups is 1. The molecule has 3 aromatic rings. The third-order valence-electron chi connectivity index (χ3n) is 5.04. The van der Waals surface area contributed by atoms with Gasteiger partial charge >= 0.3 is 0 Å². The molecule has 0 bridgehead atoms. The highest BCUT2D eigenvalue weighted by Crippen LogP contribution is 2.45. The van der Waals surface area contributed by atoms with Crippen molar-refractivity contribution in [3.05, 3.63) is 60.8 Å². The molecule has 1 aliphatic rings. The zero-order chi connectivity index (χ0) is 19.2. The Morgan fingerprint density at radius 2 is 1.93 bits per heavy atom. The Labute approximate surface area is 163 Å². The third kappa shape index (κ3) is 3.63. The van der Waals surface area contributed by atoms with E-state index < -0.39 is 0 Å². The Balaban J connectivity index is 1.78. The van der Waals surface area contributed by atoms with Crippen LogP contribution >= 0.6 is 11.3 Å². The second-order valence-corrected chi connectivity index (χ2v) is 8.83. The second-order valence-electron chi connectivity index (χ2n) is 7.78. The van der Waals surface area contributed by atoms with Crippen LogP contribution in [0.1, 0.15) is 37.0 Å². The number of fused-ring (bicyclic) bond motifs is 1. The number of hydrogen-bond donors (Lipinski definition) is 0. The first-order valence-electron chi connectivity index (χ1n) is 9.21. The van der Waals surface area contributed by atoms with E-state index in [1.807, 2.05) is 32.0 Å². The van der Waals surface area contributed by atoms with Gasteiger partial charge in [-0.25, -0.2) is 4.39 Å². The van der Waals surface area contributed by atoms with E-state index in [1.54, 1.807) is 23.5 Å². The number of rotatable bonds is 6. The number of ether oxygens (including phenoxy) is 1. The van der Waals surface area contributed by atoms with Crippen molar-refractivity contribution in [1.29, 1.82) is 0 Å². The topological polar surface area (TPSA) is 26.3 Å². The van der Waals surface area contributed by atoms with Crippen molar-refractivity contribution in [2.24, 2.45) is 11.3 Å². The summed E-state index contributed by atoms with van der Waals surface area (Å²) in [5, 5.41) is 0.932. The van der Waals surface area contributed by atoms with Gasteiger partial charge in [-0.1, -0.05) is 26.0 Å². The molecule has 1 aliphatic carbocycles. The summed E-state index contributed by atoms with van der Waals surface area (Å²) in [4.78, 5) is 13.8. The summed E-state index contributed by atoms with van der Waals surface area (Å²) < 4.78 is 20.3. The van der Waals surface area contributed by atoms with Crippen LogP contribution < -0.4 is 4.74 Å². The van der Waals surface area contributed by atoms with Gasteiger partial charge in [0.25, 0.3) is 0 Å². The quantitative estimate of drug-likeness (QED) is 0.453. The van der Waals surface area contributed by atoms with Gasteiger partial charge in [0.05, 0.1) is 6.61 Å². The minimum absolute atomic E-state index is 0.0719. The lowest BCUT2D eigenvalue weighted by molar-refractivity contribution is 0.0942. The van der Waals surface area contributed by atoms with Crippen LogP contribution in [0.4, 0.5) is 4.39 Å². The Morgan fingerprint density at radius 3 is 2.56 bits per heavy atom. The van der Waals surface area contributed by atoms with Crippen LogP contribution in [0, 0.1) is 24.1 Å². The molecule has 0 spiro atoms. The molecule has 139 valence electrons. The number of Topliss-reactive ketones (excluding diaryl/α,β-unsaturated/α-hetero) is 1. The highest BCUT2D eigenvalue weighted by Gasteiger charge is 2.38. The van der Waals surface area contributed by atoms with Gasteiger partial charge in [-0.05, 0) is 55.7 Å². The number of benzene rings is 2. The molecule has 1 heterocycles.